The van der Waals surface area contributed by atoms with Gasteiger partial charge in [-0.05, 0) is 43.1 Å². The maximum absolute atomic E-state index is 12.4. The van der Waals surface area contributed by atoms with Gasteiger partial charge in [0, 0.05) is 37.3 Å². The predicted molar refractivity (Wildman–Crippen MR) is 113 cm³/mol. The van der Waals surface area contributed by atoms with E-state index in [-0.39, 0.29) is 12.1 Å². The van der Waals surface area contributed by atoms with E-state index in [1.807, 2.05) is 0 Å². The summed E-state index contributed by atoms with van der Waals surface area (Å²) in [7, 11) is -0.996. The van der Waals surface area contributed by atoms with Crippen LogP contribution in [0.3, 0.4) is 0 Å². The molecule has 4 aliphatic rings. The Hall–Kier alpha value is -1.73. The molecule has 2 fully saturated rings. The minimum Gasteiger partial charge on any atom is -0.365 e. The molecule has 4 atom stereocenters. The van der Waals surface area contributed by atoms with Gasteiger partial charge >= 0.3 is 0 Å². The van der Waals surface area contributed by atoms with Gasteiger partial charge in [-0.25, -0.2) is 4.98 Å². The van der Waals surface area contributed by atoms with Crippen molar-refractivity contribution in [1.82, 2.24) is 9.97 Å². The monoisotopic (exact) mass is 399 g/mol. The van der Waals surface area contributed by atoms with Crippen LogP contribution in [0.25, 0.3) is 0 Å². The van der Waals surface area contributed by atoms with Crippen molar-refractivity contribution in [2.45, 2.75) is 56.0 Å². The maximum atomic E-state index is 12.4. The lowest BCUT2D eigenvalue weighted by molar-refractivity contribution is 0.456. The molecule has 1 saturated carbocycles. The number of anilines is 2. The Bertz CT molecular complexity index is 859. The van der Waals surface area contributed by atoms with E-state index in [0.717, 1.165) is 67.5 Å². The van der Waals surface area contributed by atoms with Gasteiger partial charge in [0.15, 0.2) is 0 Å². The van der Waals surface area contributed by atoms with E-state index in [1.54, 1.807) is 0 Å². The molecule has 1 aromatic heterocycles. The lowest BCUT2D eigenvalue weighted by atomic mass is 9.84. The van der Waals surface area contributed by atoms with Gasteiger partial charge in [-0.1, -0.05) is 25.2 Å². The van der Waals surface area contributed by atoms with Gasteiger partial charge < -0.3 is 16.0 Å². The molecule has 1 saturated heterocycles. The summed E-state index contributed by atoms with van der Waals surface area (Å²) in [5.74, 6) is 3.50. The number of allylic oxidation sites excluding steroid dienone is 4. The standard InChI is InChI=1S/C21H29N5OS/c1-13-2-4-14(5-3-13)15-6-9-26(10-7-15)21-24-17-8-11-28(27)19(17)20(25-21)23-18-12-16(18)22/h2,4-5,13,15-16,18H,3,6-12,22H2,1H3,(H,23,24,25). The quantitative estimate of drug-likeness (QED) is 0.809. The summed E-state index contributed by atoms with van der Waals surface area (Å²) in [5.41, 5.74) is 8.43. The first kappa shape index (κ1) is 18.3. The molecule has 1 aromatic rings. The zero-order valence-electron chi connectivity index (χ0n) is 16.4. The first-order valence-electron chi connectivity index (χ1n) is 10.5. The van der Waals surface area contributed by atoms with Crippen molar-refractivity contribution in [1.29, 1.82) is 0 Å². The third-order valence-corrected chi connectivity index (χ3v) is 7.89. The fourth-order valence-electron chi connectivity index (χ4n) is 4.44. The number of fused-ring (bicyclic) bond motifs is 1. The van der Waals surface area contributed by atoms with Crippen LogP contribution in [0, 0.1) is 11.8 Å². The molecule has 0 amide bonds. The highest BCUT2D eigenvalue weighted by Gasteiger charge is 2.36. The lowest BCUT2D eigenvalue weighted by Gasteiger charge is -2.33. The maximum Gasteiger partial charge on any atom is 0.227 e. The third-order valence-electron chi connectivity index (χ3n) is 6.43. The molecule has 4 unspecified atom stereocenters. The average Bonchev–Trinajstić information content (AvgIpc) is 3.26. The smallest absolute Gasteiger partial charge is 0.227 e. The number of aryl methyl sites for hydroxylation is 1. The average molecular weight is 400 g/mol. The van der Waals surface area contributed by atoms with Crippen LogP contribution in [0.5, 0.6) is 0 Å². The van der Waals surface area contributed by atoms with Crippen molar-refractivity contribution >= 4 is 22.6 Å². The van der Waals surface area contributed by atoms with E-state index in [4.69, 9.17) is 15.7 Å². The van der Waals surface area contributed by atoms with Crippen LogP contribution in [-0.4, -0.2) is 45.1 Å². The molecule has 6 nitrogen and oxygen atoms in total. The minimum atomic E-state index is -0.996. The zero-order valence-corrected chi connectivity index (χ0v) is 17.3. The fraction of sp³-hybridized carbons (Fsp3) is 0.619. The normalized spacial score (nSPS) is 32.2. The van der Waals surface area contributed by atoms with E-state index in [1.165, 1.54) is 5.57 Å². The Morgan fingerprint density at radius 1 is 1.29 bits per heavy atom. The Morgan fingerprint density at radius 2 is 2.07 bits per heavy atom. The summed E-state index contributed by atoms with van der Waals surface area (Å²) in [6.45, 7) is 4.20. The summed E-state index contributed by atoms with van der Waals surface area (Å²) >= 11 is 0. The molecule has 0 aromatic carbocycles. The summed E-state index contributed by atoms with van der Waals surface area (Å²) in [6, 6.07) is 0.432. The highest BCUT2D eigenvalue weighted by atomic mass is 32.2. The number of hydrogen-bond acceptors (Lipinski definition) is 6. The zero-order chi connectivity index (χ0) is 19.3. The molecule has 3 N–H and O–H groups in total. The minimum absolute atomic E-state index is 0.180. The second-order valence-electron chi connectivity index (χ2n) is 8.64. The summed E-state index contributed by atoms with van der Waals surface area (Å²) in [5, 5.41) is 3.43. The molecule has 0 spiro atoms. The molecular formula is C21H29N5OS. The molecule has 0 radical (unpaired) electrons. The van der Waals surface area contributed by atoms with Crippen molar-refractivity contribution in [3.8, 4) is 0 Å². The SMILES string of the molecule is CC1C=CC(C2CCN(c3nc4c(c(NC5CC5N)n3)S(=O)CC4)CC2)=CC1. The summed E-state index contributed by atoms with van der Waals surface area (Å²) in [6.07, 6.45) is 12.2. The predicted octanol–water partition coefficient (Wildman–Crippen LogP) is 2.39. The van der Waals surface area contributed by atoms with Crippen LogP contribution < -0.4 is 16.0 Å². The second kappa shape index (κ2) is 7.26. The van der Waals surface area contributed by atoms with E-state index in [0.29, 0.717) is 17.6 Å². The van der Waals surface area contributed by atoms with Gasteiger partial charge in [-0.3, -0.25) is 4.21 Å². The molecule has 7 heteroatoms. The first-order valence-corrected chi connectivity index (χ1v) is 11.8. The number of nitrogens with zero attached hydrogens (tertiary/aromatic N) is 3. The van der Waals surface area contributed by atoms with Crippen molar-refractivity contribution in [2.75, 3.05) is 29.1 Å². The third kappa shape index (κ3) is 3.50. The molecule has 2 aliphatic heterocycles. The Kier molecular flexibility index (Phi) is 4.75. The van der Waals surface area contributed by atoms with Gasteiger partial charge in [0.05, 0.1) is 16.5 Å². The second-order valence-corrected chi connectivity index (χ2v) is 10.1. The highest BCUT2D eigenvalue weighted by molar-refractivity contribution is 7.85. The number of rotatable bonds is 4. The number of piperidine rings is 1. The van der Waals surface area contributed by atoms with Crippen molar-refractivity contribution in [3.05, 3.63) is 29.5 Å². The molecule has 2 aliphatic carbocycles. The molecule has 150 valence electrons. The molecule has 28 heavy (non-hydrogen) atoms. The van der Waals surface area contributed by atoms with Crippen LogP contribution in [0.4, 0.5) is 11.8 Å². The van der Waals surface area contributed by atoms with Crippen LogP contribution in [0.15, 0.2) is 28.7 Å². The van der Waals surface area contributed by atoms with E-state index in [9.17, 15) is 4.21 Å². The van der Waals surface area contributed by atoms with Gasteiger partial charge in [-0.15, -0.1) is 0 Å². The van der Waals surface area contributed by atoms with Crippen LogP contribution in [0.1, 0.15) is 38.3 Å². The van der Waals surface area contributed by atoms with Crippen molar-refractivity contribution in [3.63, 3.8) is 0 Å². The summed E-state index contributed by atoms with van der Waals surface area (Å²) in [4.78, 5) is 12.7. The van der Waals surface area contributed by atoms with E-state index in [2.05, 4.69) is 35.4 Å². The molecule has 0 bridgehead atoms. The van der Waals surface area contributed by atoms with E-state index >= 15 is 0 Å². The number of nitrogens with one attached hydrogen (secondary N) is 1. The summed E-state index contributed by atoms with van der Waals surface area (Å²) < 4.78 is 12.4. The number of hydrogen-bond donors (Lipinski definition) is 2. The number of nitrogens with two attached hydrogens (primary N) is 1. The Morgan fingerprint density at radius 3 is 2.75 bits per heavy atom. The van der Waals surface area contributed by atoms with Gasteiger partial charge in [-0.2, -0.15) is 4.98 Å². The van der Waals surface area contributed by atoms with Crippen molar-refractivity contribution in [2.24, 2.45) is 17.6 Å². The fourth-order valence-corrected chi connectivity index (χ4v) is 5.75. The van der Waals surface area contributed by atoms with Gasteiger partial charge in [0.25, 0.3) is 0 Å². The van der Waals surface area contributed by atoms with Crippen LogP contribution in [-0.2, 0) is 17.2 Å². The Balaban J connectivity index is 1.32. The number of aromatic nitrogens is 2. The van der Waals surface area contributed by atoms with Crippen LogP contribution in [0.2, 0.25) is 0 Å². The lowest BCUT2D eigenvalue weighted by Crippen LogP contribution is -2.35. The van der Waals surface area contributed by atoms with Crippen LogP contribution >= 0.6 is 0 Å². The molecular weight excluding hydrogens is 370 g/mol. The molecule has 5 rings (SSSR count). The first-order chi connectivity index (χ1) is 13.6. The highest BCUT2D eigenvalue weighted by Crippen LogP contribution is 2.35. The topological polar surface area (TPSA) is 84.1 Å². The van der Waals surface area contributed by atoms with E-state index < -0.39 is 10.8 Å². The van der Waals surface area contributed by atoms with Gasteiger partial charge in [0.1, 0.15) is 10.7 Å². The van der Waals surface area contributed by atoms with Crippen molar-refractivity contribution < 1.29 is 4.21 Å². The Labute approximate surface area is 169 Å². The largest absolute Gasteiger partial charge is 0.365 e. The molecule has 3 heterocycles. The van der Waals surface area contributed by atoms with Gasteiger partial charge in [0.2, 0.25) is 5.95 Å².